The first-order chi connectivity index (χ1) is 14.4. The van der Waals surface area contributed by atoms with Crippen LogP contribution >= 0.6 is 0 Å². The van der Waals surface area contributed by atoms with Crippen LogP contribution in [-0.2, 0) is 14.4 Å². The second kappa shape index (κ2) is 6.36. The van der Waals surface area contributed by atoms with E-state index in [2.05, 4.69) is 6.58 Å². The summed E-state index contributed by atoms with van der Waals surface area (Å²) in [4.78, 5) is 38.0. The normalized spacial score (nSPS) is 32.6. The van der Waals surface area contributed by atoms with Crippen LogP contribution in [0.1, 0.15) is 23.6 Å². The van der Waals surface area contributed by atoms with Crippen molar-refractivity contribution < 1.29 is 39.9 Å². The van der Waals surface area contributed by atoms with Crippen LogP contribution in [0.2, 0.25) is 0 Å². The first kappa shape index (κ1) is 21.0. The molecule has 1 aromatic carbocycles. The van der Waals surface area contributed by atoms with Crippen molar-refractivity contribution in [3.05, 3.63) is 52.3 Å². The van der Waals surface area contributed by atoms with E-state index in [-0.39, 0.29) is 16.9 Å². The van der Waals surface area contributed by atoms with E-state index in [0.29, 0.717) is 11.1 Å². The summed E-state index contributed by atoms with van der Waals surface area (Å²) < 4.78 is 0. The Balaban J connectivity index is 2.08. The number of benzene rings is 1. The molecule has 162 valence electrons. The topological polar surface area (TPSA) is 178 Å². The Morgan fingerprint density at radius 2 is 1.77 bits per heavy atom. The van der Waals surface area contributed by atoms with Crippen LogP contribution in [-0.4, -0.2) is 60.6 Å². The Morgan fingerprint density at radius 3 is 2.35 bits per heavy atom. The fourth-order valence-electron chi connectivity index (χ4n) is 5.11. The van der Waals surface area contributed by atoms with Gasteiger partial charge in [-0.3, -0.25) is 14.4 Å². The Labute approximate surface area is 176 Å². The number of carbonyl (C=O) groups is 3. The third kappa shape index (κ3) is 2.33. The van der Waals surface area contributed by atoms with Gasteiger partial charge >= 0.3 is 0 Å². The fraction of sp³-hybridized carbons (Fsp3) is 0.318. The van der Waals surface area contributed by atoms with Gasteiger partial charge in [-0.2, -0.15) is 0 Å². The lowest BCUT2D eigenvalue weighted by atomic mass is 9.55. The van der Waals surface area contributed by atoms with Crippen LogP contribution < -0.4 is 5.73 Å². The second-order valence-corrected chi connectivity index (χ2v) is 8.20. The van der Waals surface area contributed by atoms with Crippen molar-refractivity contribution in [1.29, 1.82) is 0 Å². The first-order valence-electron chi connectivity index (χ1n) is 9.52. The van der Waals surface area contributed by atoms with Crippen molar-refractivity contribution in [2.75, 3.05) is 0 Å². The number of phenolic OH excluding ortho intramolecular Hbond substituents is 1. The Hall–Kier alpha value is -3.27. The van der Waals surface area contributed by atoms with Crippen molar-refractivity contribution in [3.63, 3.8) is 0 Å². The van der Waals surface area contributed by atoms with Gasteiger partial charge in [-0.25, -0.2) is 0 Å². The van der Waals surface area contributed by atoms with E-state index < -0.39 is 69.6 Å². The number of phenols is 1. The average molecular weight is 427 g/mol. The van der Waals surface area contributed by atoms with E-state index >= 15 is 0 Å². The summed E-state index contributed by atoms with van der Waals surface area (Å²) >= 11 is 0. The van der Waals surface area contributed by atoms with Crippen molar-refractivity contribution in [2.45, 2.75) is 31.6 Å². The molecule has 0 amide bonds. The van der Waals surface area contributed by atoms with Crippen molar-refractivity contribution in [3.8, 4) is 5.75 Å². The molecule has 1 saturated carbocycles. The number of hydrogen-bond acceptors (Lipinski definition) is 9. The molecule has 1 aromatic rings. The third-order valence-electron chi connectivity index (χ3n) is 6.56. The van der Waals surface area contributed by atoms with Gasteiger partial charge in [-0.05, 0) is 36.6 Å². The molecule has 4 rings (SSSR count). The van der Waals surface area contributed by atoms with E-state index in [1.165, 1.54) is 6.07 Å². The minimum Gasteiger partial charge on any atom is -0.508 e. The molecule has 9 nitrogen and oxygen atoms in total. The van der Waals surface area contributed by atoms with E-state index in [1.807, 2.05) is 0 Å². The summed E-state index contributed by atoms with van der Waals surface area (Å²) in [5.74, 6) is -8.42. The number of Topliss-reactive ketones (excluding diaryl/α,β-unsaturated/α-hetero) is 3. The lowest BCUT2D eigenvalue weighted by Gasteiger charge is -2.51. The highest BCUT2D eigenvalue weighted by molar-refractivity contribution is 6.25. The predicted molar refractivity (Wildman–Crippen MR) is 108 cm³/mol. The molecule has 0 heterocycles. The predicted octanol–water partition coefficient (Wildman–Crippen LogP) is 0.215. The number of carbonyl (C=O) groups excluding carboxylic acids is 3. The maximum Gasteiger partial charge on any atom is 0.203 e. The zero-order valence-corrected chi connectivity index (χ0v) is 16.7. The zero-order chi connectivity index (χ0) is 23.2. The molecule has 0 bridgehead atoms. The molecule has 0 radical (unpaired) electrons. The van der Waals surface area contributed by atoms with Crippen molar-refractivity contribution in [2.24, 2.45) is 17.6 Å². The SMILES string of the molecule is C=C1c2c(C)ccc(O)c2C(O)=C2C(=O)[C@]3(O)C(O)=C(C(C)=O)C(=O)[C@@H](N)[C@@H]3[C@@H](O)[C@H]12. The summed E-state index contributed by atoms with van der Waals surface area (Å²) in [6.45, 7) is 6.56. The maximum atomic E-state index is 13.5. The van der Waals surface area contributed by atoms with Gasteiger partial charge in [0.2, 0.25) is 5.78 Å². The first-order valence-corrected chi connectivity index (χ1v) is 9.52. The molecule has 0 spiro atoms. The number of aryl methyl sites for hydroxylation is 1. The lowest BCUT2D eigenvalue weighted by Crippen LogP contribution is -2.69. The molecule has 3 aliphatic rings. The molecule has 3 aliphatic carbocycles. The Morgan fingerprint density at radius 1 is 1.16 bits per heavy atom. The average Bonchev–Trinajstić information content (AvgIpc) is 2.69. The number of nitrogens with two attached hydrogens (primary N) is 1. The molecule has 0 saturated heterocycles. The van der Waals surface area contributed by atoms with E-state index in [9.17, 15) is 39.9 Å². The largest absolute Gasteiger partial charge is 0.508 e. The van der Waals surface area contributed by atoms with Crippen LogP contribution in [0, 0.1) is 18.8 Å². The summed E-state index contributed by atoms with van der Waals surface area (Å²) in [5, 5.41) is 54.3. The van der Waals surface area contributed by atoms with Gasteiger partial charge in [-0.1, -0.05) is 12.6 Å². The second-order valence-electron chi connectivity index (χ2n) is 8.20. The lowest BCUT2D eigenvalue weighted by molar-refractivity contribution is -0.160. The summed E-state index contributed by atoms with van der Waals surface area (Å²) in [5.41, 5.74) is 2.65. The molecular weight excluding hydrogens is 406 g/mol. The highest BCUT2D eigenvalue weighted by atomic mass is 16.4. The van der Waals surface area contributed by atoms with Gasteiger partial charge in [0.05, 0.1) is 29.2 Å². The molecule has 31 heavy (non-hydrogen) atoms. The molecule has 9 heteroatoms. The van der Waals surface area contributed by atoms with E-state index in [0.717, 1.165) is 6.92 Å². The van der Waals surface area contributed by atoms with Gasteiger partial charge in [0.1, 0.15) is 22.8 Å². The van der Waals surface area contributed by atoms with Gasteiger partial charge in [0, 0.05) is 5.92 Å². The number of aliphatic hydroxyl groups excluding tert-OH is 3. The molecule has 0 aliphatic heterocycles. The summed E-state index contributed by atoms with van der Waals surface area (Å²) in [7, 11) is 0. The Kier molecular flexibility index (Phi) is 4.31. The van der Waals surface area contributed by atoms with Gasteiger partial charge in [0.15, 0.2) is 17.2 Å². The zero-order valence-electron chi connectivity index (χ0n) is 16.7. The molecule has 7 N–H and O–H groups in total. The number of rotatable bonds is 1. The fourth-order valence-corrected chi connectivity index (χ4v) is 5.11. The van der Waals surface area contributed by atoms with Gasteiger partial charge in [0.25, 0.3) is 0 Å². The minimum atomic E-state index is -2.93. The van der Waals surface area contributed by atoms with Gasteiger partial charge in [-0.15, -0.1) is 0 Å². The van der Waals surface area contributed by atoms with Crippen LogP contribution in [0.5, 0.6) is 5.75 Å². The monoisotopic (exact) mass is 427 g/mol. The quantitative estimate of drug-likeness (QED) is 0.342. The van der Waals surface area contributed by atoms with Crippen LogP contribution in [0.25, 0.3) is 11.3 Å². The molecule has 5 atom stereocenters. The van der Waals surface area contributed by atoms with Crippen LogP contribution in [0.3, 0.4) is 0 Å². The highest BCUT2D eigenvalue weighted by Gasteiger charge is 2.66. The molecule has 0 aromatic heterocycles. The standard InChI is InChI=1S/C22H21NO8/c1-6-4-5-9(25)13-10(6)7(2)11-14(17(13)26)21(30)22(31)15(18(11)27)16(23)19(28)12(8(3)24)20(22)29/h4-5,11,15-16,18,25-27,29,31H,2,23H2,1,3H3/t11-,15-,16+,18+,22-/m1/s1. The van der Waals surface area contributed by atoms with E-state index in [4.69, 9.17) is 5.73 Å². The number of fused-ring (bicyclic) bond motifs is 3. The third-order valence-corrected chi connectivity index (χ3v) is 6.56. The molecule has 0 unspecified atom stereocenters. The molecule has 1 fully saturated rings. The van der Waals surface area contributed by atoms with E-state index in [1.54, 1.807) is 13.0 Å². The van der Waals surface area contributed by atoms with Crippen LogP contribution in [0.15, 0.2) is 35.6 Å². The smallest absolute Gasteiger partial charge is 0.203 e. The summed E-state index contributed by atoms with van der Waals surface area (Å²) in [6, 6.07) is 1.19. The summed E-state index contributed by atoms with van der Waals surface area (Å²) in [6.07, 6.45) is -1.73. The highest BCUT2D eigenvalue weighted by Crippen LogP contribution is 2.55. The Bertz CT molecular complexity index is 1180. The van der Waals surface area contributed by atoms with Crippen molar-refractivity contribution >= 4 is 28.7 Å². The number of aliphatic hydroxyl groups is 4. The number of aromatic hydroxyl groups is 1. The maximum absolute atomic E-state index is 13.5. The van der Waals surface area contributed by atoms with Crippen molar-refractivity contribution in [1.82, 2.24) is 0 Å². The van der Waals surface area contributed by atoms with Gasteiger partial charge < -0.3 is 31.3 Å². The number of hydrogen-bond donors (Lipinski definition) is 6. The van der Waals surface area contributed by atoms with Crippen LogP contribution in [0.4, 0.5) is 0 Å². The minimum absolute atomic E-state index is 0.106. The molecular formula is C22H21NO8. The number of ketones is 3.